The van der Waals surface area contributed by atoms with Crippen LogP contribution < -0.4 is 29.1 Å². The van der Waals surface area contributed by atoms with Gasteiger partial charge in [0.05, 0.1) is 27.0 Å². The summed E-state index contributed by atoms with van der Waals surface area (Å²) in [5.74, 6) is 1.50. The molecule has 0 aliphatic carbocycles. The third kappa shape index (κ3) is 5.15. The Kier molecular flexibility index (Phi) is 8.14. The quantitative estimate of drug-likeness (QED) is 0.329. The van der Waals surface area contributed by atoms with Gasteiger partial charge >= 0.3 is 0 Å². The number of benzene rings is 2. The van der Waals surface area contributed by atoms with Gasteiger partial charge in [-0.25, -0.2) is 13.4 Å². The fraction of sp³-hybridized carbons (Fsp3) is 0.280. The lowest BCUT2D eigenvalue weighted by atomic mass is 10.1. The molecule has 0 spiro atoms. The number of anilines is 2. The van der Waals surface area contributed by atoms with Gasteiger partial charge in [0.2, 0.25) is 0 Å². The van der Waals surface area contributed by atoms with Gasteiger partial charge in [-0.2, -0.15) is 0 Å². The predicted molar refractivity (Wildman–Crippen MR) is 146 cm³/mol. The van der Waals surface area contributed by atoms with Gasteiger partial charge in [0.1, 0.15) is 28.5 Å². The van der Waals surface area contributed by atoms with Crippen molar-refractivity contribution in [3.8, 4) is 28.5 Å². The lowest BCUT2D eigenvalue weighted by molar-refractivity contribution is 0.373. The molecular formula is C25H28ClN5O6S. The molecule has 0 amide bonds. The summed E-state index contributed by atoms with van der Waals surface area (Å²) in [7, 11) is 0.0991. The van der Waals surface area contributed by atoms with Crippen LogP contribution in [0.2, 0.25) is 0 Å². The highest BCUT2D eigenvalue weighted by atomic mass is 35.5. The first-order valence-corrected chi connectivity index (χ1v) is 13.1. The summed E-state index contributed by atoms with van der Waals surface area (Å²) >= 11 is 0. The van der Waals surface area contributed by atoms with Crippen molar-refractivity contribution >= 4 is 45.0 Å². The SMILES string of the molecule is COc1cccc(OC)c1S(=O)(=O)Nc1noc2cc(-c3cccc(N4CCNCC4)n3)cc(OC)c12.Cl. The van der Waals surface area contributed by atoms with Crippen LogP contribution in [-0.4, -0.2) is 66.1 Å². The third-order valence-corrected chi connectivity index (χ3v) is 7.51. The molecule has 1 aliphatic rings. The first-order valence-electron chi connectivity index (χ1n) is 11.6. The first-order chi connectivity index (χ1) is 17.9. The van der Waals surface area contributed by atoms with Crippen LogP contribution in [0.25, 0.3) is 22.2 Å². The number of nitrogens with one attached hydrogen (secondary N) is 2. The molecule has 0 radical (unpaired) electrons. The molecule has 13 heteroatoms. The van der Waals surface area contributed by atoms with E-state index in [4.69, 9.17) is 23.7 Å². The number of ether oxygens (including phenoxy) is 3. The summed E-state index contributed by atoms with van der Waals surface area (Å²) in [6.07, 6.45) is 0. The van der Waals surface area contributed by atoms with Crippen LogP contribution in [0.3, 0.4) is 0 Å². The fourth-order valence-corrected chi connectivity index (χ4v) is 5.66. The zero-order valence-electron chi connectivity index (χ0n) is 21.1. The van der Waals surface area contributed by atoms with Gasteiger partial charge in [-0.1, -0.05) is 17.3 Å². The Morgan fingerprint density at radius 1 is 0.947 bits per heavy atom. The van der Waals surface area contributed by atoms with E-state index in [2.05, 4.69) is 20.1 Å². The molecule has 0 atom stereocenters. The Morgan fingerprint density at radius 2 is 1.61 bits per heavy atom. The lowest BCUT2D eigenvalue weighted by Crippen LogP contribution is -2.43. The van der Waals surface area contributed by atoms with E-state index < -0.39 is 10.0 Å². The summed E-state index contributed by atoms with van der Waals surface area (Å²) in [4.78, 5) is 6.91. The summed E-state index contributed by atoms with van der Waals surface area (Å²) in [5, 5.41) is 7.71. The maximum Gasteiger partial charge on any atom is 0.270 e. The number of hydrogen-bond acceptors (Lipinski definition) is 10. The molecule has 4 aromatic rings. The predicted octanol–water partition coefficient (Wildman–Crippen LogP) is 3.55. The van der Waals surface area contributed by atoms with Crippen molar-refractivity contribution in [2.45, 2.75) is 4.90 Å². The molecule has 1 fully saturated rings. The van der Waals surface area contributed by atoms with E-state index in [1.54, 1.807) is 18.2 Å². The summed E-state index contributed by atoms with van der Waals surface area (Å²) in [6, 6.07) is 14.1. The third-order valence-electron chi connectivity index (χ3n) is 6.11. The van der Waals surface area contributed by atoms with Crippen molar-refractivity contribution in [2.75, 3.05) is 57.1 Å². The van der Waals surface area contributed by atoms with Crippen molar-refractivity contribution in [1.29, 1.82) is 0 Å². The molecule has 38 heavy (non-hydrogen) atoms. The number of nitrogens with zero attached hydrogens (tertiary/aromatic N) is 3. The summed E-state index contributed by atoms with van der Waals surface area (Å²) in [6.45, 7) is 3.56. The maximum absolute atomic E-state index is 13.4. The number of sulfonamides is 1. The smallest absolute Gasteiger partial charge is 0.270 e. The zero-order valence-corrected chi connectivity index (χ0v) is 22.7. The number of pyridine rings is 1. The van der Waals surface area contributed by atoms with E-state index in [-0.39, 0.29) is 34.6 Å². The van der Waals surface area contributed by atoms with Gasteiger partial charge in [-0.05, 0) is 36.4 Å². The number of halogens is 1. The van der Waals surface area contributed by atoms with Gasteiger partial charge in [-0.15, -0.1) is 12.4 Å². The van der Waals surface area contributed by atoms with Crippen LogP contribution in [0.5, 0.6) is 17.2 Å². The molecule has 1 saturated heterocycles. The van der Waals surface area contributed by atoms with Crippen LogP contribution in [0.15, 0.2) is 57.9 Å². The average molecular weight is 562 g/mol. The van der Waals surface area contributed by atoms with Crippen molar-refractivity contribution in [3.05, 3.63) is 48.5 Å². The standard InChI is InChI=1S/C25H27N5O6S.ClH/c1-33-18-7-5-8-19(34-2)24(18)37(31,32)29-25-23-20(35-3)14-16(15-21(23)36-28-25)17-6-4-9-22(27-17)30-12-10-26-11-13-30;/h4-9,14-15,26H,10-13H2,1-3H3,(H,28,29);1H. The van der Waals surface area contributed by atoms with Crippen molar-refractivity contribution in [2.24, 2.45) is 0 Å². The second-order valence-corrected chi connectivity index (χ2v) is 9.92. The second kappa shape index (κ2) is 11.3. The van der Waals surface area contributed by atoms with Crippen LogP contribution >= 0.6 is 12.4 Å². The fourth-order valence-electron chi connectivity index (χ4n) is 4.33. The van der Waals surface area contributed by atoms with Crippen molar-refractivity contribution < 1.29 is 27.2 Å². The number of methoxy groups -OCH3 is 3. The first kappa shape index (κ1) is 27.3. The summed E-state index contributed by atoms with van der Waals surface area (Å²) < 4.78 is 50.9. The average Bonchev–Trinajstić information content (AvgIpc) is 3.34. The lowest BCUT2D eigenvalue weighted by Gasteiger charge is -2.28. The molecule has 1 aliphatic heterocycles. The van der Waals surface area contributed by atoms with Gasteiger partial charge in [-0.3, -0.25) is 4.72 Å². The Morgan fingerprint density at radius 3 is 2.26 bits per heavy atom. The monoisotopic (exact) mass is 561 g/mol. The number of aromatic nitrogens is 2. The van der Waals surface area contributed by atoms with Crippen molar-refractivity contribution in [1.82, 2.24) is 15.5 Å². The number of hydrogen-bond donors (Lipinski definition) is 2. The van der Waals surface area contributed by atoms with Crippen LogP contribution in [-0.2, 0) is 10.0 Å². The number of rotatable bonds is 8. The number of piperazine rings is 1. The Balaban J connectivity index is 0.00000336. The minimum absolute atomic E-state index is 0. The zero-order chi connectivity index (χ0) is 26.0. The van der Waals surface area contributed by atoms with E-state index >= 15 is 0 Å². The van der Waals surface area contributed by atoms with Crippen LogP contribution in [0.4, 0.5) is 11.6 Å². The minimum Gasteiger partial charge on any atom is -0.496 e. The second-order valence-electron chi connectivity index (χ2n) is 8.30. The van der Waals surface area contributed by atoms with E-state index in [1.165, 1.54) is 33.5 Å². The Hall–Kier alpha value is -3.74. The van der Waals surface area contributed by atoms with Gasteiger partial charge in [0.15, 0.2) is 16.3 Å². The summed E-state index contributed by atoms with van der Waals surface area (Å²) in [5.41, 5.74) is 1.82. The largest absolute Gasteiger partial charge is 0.496 e. The van der Waals surface area contributed by atoms with E-state index in [0.717, 1.165) is 43.3 Å². The topological polar surface area (TPSA) is 128 Å². The molecule has 202 valence electrons. The highest BCUT2D eigenvalue weighted by Crippen LogP contribution is 2.39. The molecule has 0 unspecified atom stereocenters. The van der Waals surface area contributed by atoms with E-state index in [9.17, 15) is 8.42 Å². The van der Waals surface area contributed by atoms with Gasteiger partial charge < -0.3 is 29.0 Å². The van der Waals surface area contributed by atoms with Gasteiger partial charge in [0, 0.05) is 31.7 Å². The molecule has 0 saturated carbocycles. The highest BCUT2D eigenvalue weighted by molar-refractivity contribution is 7.93. The van der Waals surface area contributed by atoms with Crippen molar-refractivity contribution in [3.63, 3.8) is 0 Å². The molecule has 2 aromatic heterocycles. The molecule has 0 bridgehead atoms. The molecule has 2 aromatic carbocycles. The van der Waals surface area contributed by atoms with Crippen LogP contribution in [0, 0.1) is 0 Å². The van der Waals surface area contributed by atoms with E-state index in [0.29, 0.717) is 16.7 Å². The minimum atomic E-state index is -4.17. The molecule has 2 N–H and O–H groups in total. The normalized spacial score (nSPS) is 13.6. The highest BCUT2D eigenvalue weighted by Gasteiger charge is 2.28. The molecular weight excluding hydrogens is 534 g/mol. The maximum atomic E-state index is 13.4. The number of fused-ring (bicyclic) bond motifs is 1. The van der Waals surface area contributed by atoms with Gasteiger partial charge in [0.25, 0.3) is 10.0 Å². The molecule has 3 heterocycles. The molecule has 5 rings (SSSR count). The Bertz CT molecular complexity index is 1520. The molecule has 11 nitrogen and oxygen atoms in total. The Labute approximate surface area is 226 Å². The van der Waals surface area contributed by atoms with Crippen LogP contribution in [0.1, 0.15) is 0 Å². The van der Waals surface area contributed by atoms with E-state index in [1.807, 2.05) is 18.2 Å².